The third-order valence-corrected chi connectivity index (χ3v) is 3.33. The monoisotopic (exact) mass is 292 g/mol. The molecule has 0 saturated heterocycles. The maximum Gasteiger partial charge on any atom is 0.305 e. The Morgan fingerprint density at radius 2 is 1.68 bits per heavy atom. The van der Waals surface area contributed by atoms with Crippen molar-refractivity contribution in [2.75, 3.05) is 12.4 Å². The van der Waals surface area contributed by atoms with Crippen molar-refractivity contribution in [1.29, 1.82) is 0 Å². The Labute approximate surface area is 115 Å². The summed E-state index contributed by atoms with van der Waals surface area (Å²) in [6.45, 7) is 3.38. The van der Waals surface area contributed by atoms with Crippen LogP contribution in [-0.4, -0.2) is 31.3 Å². The molecule has 6 heteroatoms. The third-order valence-electron chi connectivity index (χ3n) is 2.64. The second kappa shape index (κ2) is 11.0. The van der Waals surface area contributed by atoms with Crippen molar-refractivity contribution in [3.63, 3.8) is 0 Å². The summed E-state index contributed by atoms with van der Waals surface area (Å²) in [5, 5.41) is 0. The number of hydrogen-bond donors (Lipinski definition) is 1. The van der Waals surface area contributed by atoms with Crippen LogP contribution in [0.1, 0.15) is 51.4 Å². The molecule has 0 atom stereocenters. The summed E-state index contributed by atoms with van der Waals surface area (Å²) in [6.07, 6.45) is 9.61. The number of allylic oxidation sites excluding steroid dienone is 1. The third kappa shape index (κ3) is 15.1. The largest absolute Gasteiger partial charge is 0.464 e. The van der Waals surface area contributed by atoms with Crippen LogP contribution >= 0.6 is 0 Å². The van der Waals surface area contributed by atoms with E-state index in [1.54, 1.807) is 0 Å². The van der Waals surface area contributed by atoms with Crippen molar-refractivity contribution in [1.82, 2.24) is 0 Å². The van der Waals surface area contributed by atoms with E-state index in [2.05, 4.69) is 11.3 Å². The molecule has 0 aliphatic carbocycles. The molecule has 0 fully saturated rings. The highest BCUT2D eigenvalue weighted by Crippen LogP contribution is 2.09. The summed E-state index contributed by atoms with van der Waals surface area (Å²) in [5.74, 6) is -0.947. The summed E-state index contributed by atoms with van der Waals surface area (Å²) < 4.78 is 33.9. The lowest BCUT2D eigenvalue weighted by Crippen LogP contribution is -2.14. The van der Waals surface area contributed by atoms with Crippen molar-refractivity contribution in [2.45, 2.75) is 51.4 Å². The van der Waals surface area contributed by atoms with Crippen LogP contribution < -0.4 is 0 Å². The molecular weight excluding hydrogens is 268 g/mol. The number of unbranched alkanes of at least 4 members (excludes halogenated alkanes) is 6. The van der Waals surface area contributed by atoms with E-state index in [1.165, 1.54) is 12.8 Å². The molecular formula is C13H24O5S. The van der Waals surface area contributed by atoms with Crippen LogP contribution in [-0.2, 0) is 19.6 Å². The Balaban J connectivity index is 3.32. The number of hydrogen-bond acceptors (Lipinski definition) is 4. The standard InChI is InChI=1S/C13H24O5S/c1-2-3-4-5-6-7-8-9-10-13(14)18-11-12-19(15,16)17/h2H,1,3-12H2,(H,15,16,17). The lowest BCUT2D eigenvalue weighted by atomic mass is 10.1. The molecule has 0 aromatic heterocycles. The molecule has 0 bridgehead atoms. The molecule has 0 aliphatic rings. The highest BCUT2D eigenvalue weighted by atomic mass is 32.2. The molecule has 0 unspecified atom stereocenters. The molecule has 0 amide bonds. The molecule has 19 heavy (non-hydrogen) atoms. The fourth-order valence-electron chi connectivity index (χ4n) is 1.60. The Morgan fingerprint density at radius 3 is 2.26 bits per heavy atom. The molecule has 0 aromatic rings. The van der Waals surface area contributed by atoms with Crippen molar-refractivity contribution in [2.24, 2.45) is 0 Å². The van der Waals surface area contributed by atoms with E-state index in [0.29, 0.717) is 6.42 Å². The zero-order valence-electron chi connectivity index (χ0n) is 11.3. The molecule has 0 aliphatic heterocycles. The Kier molecular flexibility index (Phi) is 10.5. The van der Waals surface area contributed by atoms with Gasteiger partial charge in [-0.15, -0.1) is 6.58 Å². The lowest BCUT2D eigenvalue weighted by Gasteiger charge is -2.03. The minimum atomic E-state index is -4.04. The van der Waals surface area contributed by atoms with Gasteiger partial charge in [-0.3, -0.25) is 9.35 Å². The maximum atomic E-state index is 11.2. The van der Waals surface area contributed by atoms with Crippen LogP contribution in [0, 0.1) is 0 Å². The molecule has 0 saturated carbocycles. The van der Waals surface area contributed by atoms with Gasteiger partial charge in [-0.25, -0.2) is 0 Å². The first kappa shape index (κ1) is 18.1. The quantitative estimate of drug-likeness (QED) is 0.259. The van der Waals surface area contributed by atoms with Gasteiger partial charge in [-0.1, -0.05) is 31.8 Å². The summed E-state index contributed by atoms with van der Waals surface area (Å²) in [6, 6.07) is 0. The van der Waals surface area contributed by atoms with Crippen molar-refractivity contribution >= 4 is 16.1 Å². The zero-order valence-corrected chi connectivity index (χ0v) is 12.2. The molecule has 5 nitrogen and oxygen atoms in total. The Morgan fingerprint density at radius 1 is 1.11 bits per heavy atom. The van der Waals surface area contributed by atoms with E-state index in [4.69, 9.17) is 4.55 Å². The average molecular weight is 292 g/mol. The Bertz CT molecular complexity index is 348. The van der Waals surface area contributed by atoms with Crippen LogP contribution in [0.5, 0.6) is 0 Å². The molecule has 0 rings (SSSR count). The van der Waals surface area contributed by atoms with Gasteiger partial charge in [0.2, 0.25) is 0 Å². The predicted octanol–water partition coefficient (Wildman–Crippen LogP) is 2.72. The summed E-state index contributed by atoms with van der Waals surface area (Å²) in [4.78, 5) is 11.2. The van der Waals surface area contributed by atoms with Crippen LogP contribution in [0.2, 0.25) is 0 Å². The second-order valence-corrected chi connectivity index (χ2v) is 6.03. The zero-order chi connectivity index (χ0) is 14.6. The molecule has 112 valence electrons. The van der Waals surface area contributed by atoms with Crippen molar-refractivity contribution in [3.8, 4) is 0 Å². The first-order valence-electron chi connectivity index (χ1n) is 6.67. The first-order valence-corrected chi connectivity index (χ1v) is 8.28. The van der Waals surface area contributed by atoms with Gasteiger partial charge in [0.15, 0.2) is 0 Å². The molecule has 0 heterocycles. The minimum Gasteiger partial charge on any atom is -0.464 e. The van der Waals surface area contributed by atoms with Gasteiger partial charge in [-0.05, 0) is 19.3 Å². The van der Waals surface area contributed by atoms with Crippen LogP contribution in [0.3, 0.4) is 0 Å². The van der Waals surface area contributed by atoms with E-state index in [1.807, 2.05) is 6.08 Å². The minimum absolute atomic E-state index is 0.279. The fraction of sp³-hybridized carbons (Fsp3) is 0.769. The smallest absolute Gasteiger partial charge is 0.305 e. The molecule has 0 spiro atoms. The number of carbonyl (C=O) groups excluding carboxylic acids is 1. The van der Waals surface area contributed by atoms with Gasteiger partial charge in [-0.2, -0.15) is 8.42 Å². The van der Waals surface area contributed by atoms with E-state index >= 15 is 0 Å². The lowest BCUT2D eigenvalue weighted by molar-refractivity contribution is -0.143. The second-order valence-electron chi connectivity index (χ2n) is 4.46. The summed E-state index contributed by atoms with van der Waals surface area (Å²) in [7, 11) is -4.04. The molecule has 1 N–H and O–H groups in total. The average Bonchev–Trinajstić information content (AvgIpc) is 2.31. The molecule has 0 aromatic carbocycles. The topological polar surface area (TPSA) is 80.7 Å². The highest BCUT2D eigenvalue weighted by Gasteiger charge is 2.07. The van der Waals surface area contributed by atoms with Crippen molar-refractivity contribution < 1.29 is 22.5 Å². The predicted molar refractivity (Wildman–Crippen MR) is 74.5 cm³/mol. The first-order chi connectivity index (χ1) is 8.95. The highest BCUT2D eigenvalue weighted by molar-refractivity contribution is 7.85. The normalized spacial score (nSPS) is 11.2. The number of ether oxygens (including phenoxy) is 1. The summed E-state index contributed by atoms with van der Waals surface area (Å²) in [5.41, 5.74) is 0. The van der Waals surface area contributed by atoms with Gasteiger partial charge >= 0.3 is 5.97 Å². The van der Waals surface area contributed by atoms with Crippen LogP contribution in [0.15, 0.2) is 12.7 Å². The Hall–Kier alpha value is -0.880. The van der Waals surface area contributed by atoms with Gasteiger partial charge in [0, 0.05) is 6.42 Å². The number of carbonyl (C=O) groups is 1. The van der Waals surface area contributed by atoms with Gasteiger partial charge in [0.25, 0.3) is 10.1 Å². The van der Waals surface area contributed by atoms with E-state index in [0.717, 1.165) is 32.1 Å². The van der Waals surface area contributed by atoms with E-state index < -0.39 is 21.8 Å². The fourth-order valence-corrected chi connectivity index (χ4v) is 1.89. The van der Waals surface area contributed by atoms with Gasteiger partial charge in [0.05, 0.1) is 0 Å². The molecule has 0 radical (unpaired) electrons. The van der Waals surface area contributed by atoms with Crippen LogP contribution in [0.4, 0.5) is 0 Å². The van der Waals surface area contributed by atoms with Crippen LogP contribution in [0.25, 0.3) is 0 Å². The number of esters is 1. The van der Waals surface area contributed by atoms with E-state index in [-0.39, 0.29) is 6.61 Å². The van der Waals surface area contributed by atoms with Gasteiger partial charge < -0.3 is 4.74 Å². The maximum absolute atomic E-state index is 11.2. The van der Waals surface area contributed by atoms with Gasteiger partial charge in [0.1, 0.15) is 12.4 Å². The number of rotatable bonds is 12. The van der Waals surface area contributed by atoms with E-state index in [9.17, 15) is 13.2 Å². The SMILES string of the molecule is C=CCCCCCCCCC(=O)OCCS(=O)(=O)O. The summed E-state index contributed by atoms with van der Waals surface area (Å²) >= 11 is 0. The van der Waals surface area contributed by atoms with Crippen molar-refractivity contribution in [3.05, 3.63) is 12.7 Å².